The molecule has 0 aromatic heterocycles. The molecule has 0 amide bonds. The highest BCUT2D eigenvalue weighted by Gasteiger charge is 2.17. The molecule has 0 atom stereocenters. The number of Topliss-reactive ketones (excluding diaryl/α,β-unsaturated/α-hetero) is 1. The molecule has 1 rings (SSSR count). The zero-order chi connectivity index (χ0) is 12.8. The van der Waals surface area contributed by atoms with Crippen LogP contribution in [0.1, 0.15) is 22.8 Å². The number of hydrogen-bond acceptors (Lipinski definition) is 3. The minimum absolute atomic E-state index is 0.0219. The molecule has 5 heteroatoms. The summed E-state index contributed by atoms with van der Waals surface area (Å²) in [6, 6.07) is 5.32. The highest BCUT2D eigenvalue weighted by atomic mass is 79.9. The molecule has 0 aliphatic heterocycles. The third-order valence-corrected chi connectivity index (χ3v) is 3.40. The molecule has 0 saturated carbocycles. The fraction of sp³-hybridized carbons (Fsp3) is 0.333. The first-order valence-corrected chi connectivity index (χ1v) is 7.03. The summed E-state index contributed by atoms with van der Waals surface area (Å²) in [6.07, 6.45) is 0.221. The van der Waals surface area contributed by atoms with Gasteiger partial charge in [-0.2, -0.15) is 0 Å². The maximum absolute atomic E-state index is 11.8. The second kappa shape index (κ2) is 6.91. The van der Waals surface area contributed by atoms with Crippen molar-refractivity contribution in [3.05, 3.63) is 33.8 Å². The molecular weight excluding hydrogens is 352 g/mol. The van der Waals surface area contributed by atoms with Crippen LogP contribution in [0.3, 0.4) is 0 Å². The van der Waals surface area contributed by atoms with Gasteiger partial charge in [-0.15, -0.1) is 0 Å². The van der Waals surface area contributed by atoms with Crippen LogP contribution in [0.5, 0.6) is 0 Å². The molecule has 1 aromatic carbocycles. The Morgan fingerprint density at radius 1 is 1.35 bits per heavy atom. The number of carbonyl (C=O) groups excluding carboxylic acids is 2. The molecule has 0 spiro atoms. The third kappa shape index (κ3) is 3.92. The van der Waals surface area contributed by atoms with E-state index in [0.717, 1.165) is 0 Å². The van der Waals surface area contributed by atoms with Gasteiger partial charge in [-0.25, -0.2) is 4.79 Å². The Morgan fingerprint density at radius 2 is 2.06 bits per heavy atom. The van der Waals surface area contributed by atoms with Crippen LogP contribution in [-0.4, -0.2) is 23.7 Å². The maximum Gasteiger partial charge on any atom is 0.339 e. The van der Waals surface area contributed by atoms with E-state index in [1.165, 1.54) is 0 Å². The zero-order valence-corrected chi connectivity index (χ0v) is 12.5. The minimum atomic E-state index is -0.405. The number of carbonyl (C=O) groups is 2. The van der Waals surface area contributed by atoms with Crippen molar-refractivity contribution in [1.82, 2.24) is 0 Å². The van der Waals surface area contributed by atoms with Crippen molar-refractivity contribution in [2.24, 2.45) is 0 Å². The van der Waals surface area contributed by atoms with Gasteiger partial charge in [0.2, 0.25) is 0 Å². The number of alkyl halides is 1. The molecule has 0 aliphatic carbocycles. The Balaban J connectivity index is 3.08. The van der Waals surface area contributed by atoms with Gasteiger partial charge in [0, 0.05) is 10.9 Å². The Morgan fingerprint density at radius 3 is 2.65 bits per heavy atom. The van der Waals surface area contributed by atoms with Crippen LogP contribution in [0.2, 0.25) is 0 Å². The van der Waals surface area contributed by atoms with Crippen LogP contribution in [0.4, 0.5) is 0 Å². The smallest absolute Gasteiger partial charge is 0.339 e. The van der Waals surface area contributed by atoms with Crippen LogP contribution in [-0.2, 0) is 16.0 Å². The second-order valence-electron chi connectivity index (χ2n) is 3.34. The van der Waals surface area contributed by atoms with E-state index in [-0.39, 0.29) is 17.5 Å². The fourth-order valence-corrected chi connectivity index (χ4v) is 2.18. The Labute approximate surface area is 117 Å². The second-order valence-corrected chi connectivity index (χ2v) is 4.76. The van der Waals surface area contributed by atoms with Gasteiger partial charge >= 0.3 is 5.97 Å². The summed E-state index contributed by atoms with van der Waals surface area (Å²) in [7, 11) is 0. The minimum Gasteiger partial charge on any atom is -0.462 e. The third-order valence-electron chi connectivity index (χ3n) is 2.12. The molecule has 0 fully saturated rings. The summed E-state index contributed by atoms with van der Waals surface area (Å²) in [6.45, 7) is 2.06. The van der Waals surface area contributed by atoms with Gasteiger partial charge in [0.15, 0.2) is 0 Å². The average molecular weight is 364 g/mol. The first-order chi connectivity index (χ1) is 8.10. The van der Waals surface area contributed by atoms with Crippen molar-refractivity contribution in [3.63, 3.8) is 0 Å². The molecule has 0 heterocycles. The maximum atomic E-state index is 11.8. The summed E-state index contributed by atoms with van der Waals surface area (Å²) in [4.78, 5) is 23.2. The Hall–Kier alpha value is -0.680. The van der Waals surface area contributed by atoms with Gasteiger partial charge < -0.3 is 4.74 Å². The Kier molecular flexibility index (Phi) is 5.85. The van der Waals surface area contributed by atoms with E-state index in [0.29, 0.717) is 22.2 Å². The van der Waals surface area contributed by atoms with Crippen LogP contribution in [0, 0.1) is 0 Å². The lowest BCUT2D eigenvalue weighted by Gasteiger charge is -2.09. The summed E-state index contributed by atoms with van der Waals surface area (Å²) >= 11 is 6.41. The van der Waals surface area contributed by atoms with Crippen LogP contribution in [0.25, 0.3) is 0 Å². The molecule has 0 unspecified atom stereocenters. The van der Waals surface area contributed by atoms with Crippen LogP contribution < -0.4 is 0 Å². The number of halogens is 2. The highest BCUT2D eigenvalue weighted by molar-refractivity contribution is 9.10. The molecule has 0 aliphatic rings. The van der Waals surface area contributed by atoms with Crippen LogP contribution in [0.15, 0.2) is 22.7 Å². The highest BCUT2D eigenvalue weighted by Crippen LogP contribution is 2.22. The molecule has 92 valence electrons. The molecule has 3 nitrogen and oxygen atoms in total. The zero-order valence-electron chi connectivity index (χ0n) is 9.33. The van der Waals surface area contributed by atoms with E-state index >= 15 is 0 Å². The predicted molar refractivity (Wildman–Crippen MR) is 72.6 cm³/mol. The van der Waals surface area contributed by atoms with Gasteiger partial charge in [-0.3, -0.25) is 4.79 Å². The lowest BCUT2D eigenvalue weighted by atomic mass is 10.0. The number of esters is 1. The molecule has 0 N–H and O–H groups in total. The van der Waals surface area contributed by atoms with Gasteiger partial charge in [0.25, 0.3) is 0 Å². The van der Waals surface area contributed by atoms with Gasteiger partial charge in [-0.1, -0.05) is 28.1 Å². The standard InChI is InChI=1S/C12H12Br2O3/c1-2-17-12(16)11-8(6-9(15)7-13)4-3-5-10(11)14/h3-5H,2,6-7H2,1H3. The van der Waals surface area contributed by atoms with Gasteiger partial charge in [0.05, 0.1) is 17.5 Å². The molecule has 0 saturated heterocycles. The molecule has 0 bridgehead atoms. The summed E-state index contributed by atoms with van der Waals surface area (Å²) in [5.74, 6) is -0.383. The van der Waals surface area contributed by atoms with Gasteiger partial charge in [-0.05, 0) is 34.5 Å². The number of hydrogen-bond donors (Lipinski definition) is 0. The quantitative estimate of drug-likeness (QED) is 0.596. The molecule has 1 aromatic rings. The van der Waals surface area contributed by atoms with E-state index < -0.39 is 5.97 Å². The fourth-order valence-electron chi connectivity index (χ4n) is 1.41. The first kappa shape index (κ1) is 14.4. The average Bonchev–Trinajstić information content (AvgIpc) is 2.29. The van der Waals surface area contributed by atoms with Gasteiger partial charge in [0.1, 0.15) is 5.78 Å². The molecule has 17 heavy (non-hydrogen) atoms. The van der Waals surface area contributed by atoms with E-state index in [4.69, 9.17) is 4.74 Å². The Bertz CT molecular complexity index is 430. The lowest BCUT2D eigenvalue weighted by molar-refractivity contribution is -0.115. The summed E-state index contributed by atoms with van der Waals surface area (Å²) in [5.41, 5.74) is 1.12. The largest absolute Gasteiger partial charge is 0.462 e. The monoisotopic (exact) mass is 362 g/mol. The van der Waals surface area contributed by atoms with Crippen molar-refractivity contribution < 1.29 is 14.3 Å². The van der Waals surface area contributed by atoms with Crippen molar-refractivity contribution >= 4 is 43.6 Å². The van der Waals surface area contributed by atoms with Crippen LogP contribution >= 0.6 is 31.9 Å². The lowest BCUT2D eigenvalue weighted by Crippen LogP contribution is -2.12. The van der Waals surface area contributed by atoms with E-state index in [1.807, 2.05) is 0 Å². The summed E-state index contributed by atoms with van der Waals surface area (Å²) < 4.78 is 5.62. The number of benzene rings is 1. The van der Waals surface area contributed by atoms with Crippen molar-refractivity contribution in [2.45, 2.75) is 13.3 Å². The number of rotatable bonds is 5. The predicted octanol–water partition coefficient (Wildman–Crippen LogP) is 3.13. The van der Waals surface area contributed by atoms with Crippen molar-refractivity contribution in [2.75, 3.05) is 11.9 Å². The SMILES string of the molecule is CCOC(=O)c1c(Br)cccc1CC(=O)CBr. The van der Waals surface area contributed by atoms with Crippen molar-refractivity contribution in [3.8, 4) is 0 Å². The topological polar surface area (TPSA) is 43.4 Å². The number of ketones is 1. The first-order valence-electron chi connectivity index (χ1n) is 5.12. The summed E-state index contributed by atoms with van der Waals surface area (Å²) in [5, 5.41) is 0.280. The number of ether oxygens (including phenoxy) is 1. The van der Waals surface area contributed by atoms with E-state index in [1.54, 1.807) is 25.1 Å². The molecular formula is C12H12Br2O3. The molecule has 0 radical (unpaired) electrons. The van der Waals surface area contributed by atoms with E-state index in [2.05, 4.69) is 31.9 Å². The van der Waals surface area contributed by atoms with E-state index in [9.17, 15) is 9.59 Å². The normalized spacial score (nSPS) is 10.1. The van der Waals surface area contributed by atoms with Crippen molar-refractivity contribution in [1.29, 1.82) is 0 Å².